The van der Waals surface area contributed by atoms with Crippen molar-refractivity contribution in [1.29, 1.82) is 0 Å². The number of hydrogen-bond acceptors (Lipinski definition) is 2. The molecule has 0 saturated heterocycles. The van der Waals surface area contributed by atoms with E-state index in [-0.39, 0.29) is 12.8 Å². The lowest BCUT2D eigenvalue weighted by Crippen LogP contribution is -1.97. The Morgan fingerprint density at radius 1 is 0.923 bits per heavy atom. The van der Waals surface area contributed by atoms with Crippen molar-refractivity contribution in [2.75, 3.05) is 0 Å². The van der Waals surface area contributed by atoms with E-state index in [9.17, 15) is 9.59 Å². The molecule has 0 aromatic rings. The summed E-state index contributed by atoms with van der Waals surface area (Å²) in [5, 5.41) is 16.3. The Hall–Kier alpha value is -1.06. The summed E-state index contributed by atoms with van der Waals surface area (Å²) in [6.45, 7) is 4.25. The quantitative estimate of drug-likeness (QED) is 0.651. The molecule has 0 fully saturated rings. The molecule has 0 radical (unpaired) electrons. The highest BCUT2D eigenvalue weighted by Crippen LogP contribution is 1.98. The van der Waals surface area contributed by atoms with Crippen LogP contribution in [-0.4, -0.2) is 22.2 Å². The topological polar surface area (TPSA) is 74.6 Å². The van der Waals surface area contributed by atoms with Crippen LogP contribution in [-0.2, 0) is 9.59 Å². The van der Waals surface area contributed by atoms with Crippen LogP contribution in [0.5, 0.6) is 0 Å². The first-order valence-corrected chi connectivity index (χ1v) is 4.48. The second-order valence-corrected chi connectivity index (χ2v) is 2.70. The largest absolute Gasteiger partial charge is 0.481 e. The number of carboxylic acids is 2. The van der Waals surface area contributed by atoms with Gasteiger partial charge in [0.05, 0.1) is 0 Å². The predicted octanol–water partition coefficient (Wildman–Crippen LogP) is 2.13. The van der Waals surface area contributed by atoms with Crippen molar-refractivity contribution in [1.82, 2.24) is 0 Å². The van der Waals surface area contributed by atoms with E-state index in [2.05, 4.69) is 13.8 Å². The maximum Gasteiger partial charge on any atom is 0.303 e. The third-order valence-electron chi connectivity index (χ3n) is 1.03. The van der Waals surface area contributed by atoms with Crippen LogP contribution in [0.3, 0.4) is 0 Å². The number of hydrogen-bond donors (Lipinski definition) is 2. The number of carbonyl (C=O) groups is 2. The molecule has 0 spiro atoms. The first kappa shape index (κ1) is 14.5. The van der Waals surface area contributed by atoms with Crippen LogP contribution < -0.4 is 0 Å². The van der Waals surface area contributed by atoms with E-state index in [4.69, 9.17) is 10.2 Å². The zero-order chi connectivity index (χ0) is 10.7. The summed E-state index contributed by atoms with van der Waals surface area (Å²) in [6.07, 6.45) is 2.27. The lowest BCUT2D eigenvalue weighted by atomic mass is 10.2. The van der Waals surface area contributed by atoms with Crippen LogP contribution in [0.15, 0.2) is 0 Å². The van der Waals surface area contributed by atoms with Crippen LogP contribution in [0.2, 0.25) is 0 Å². The Morgan fingerprint density at radius 2 is 1.15 bits per heavy atom. The second kappa shape index (κ2) is 10.9. The van der Waals surface area contributed by atoms with Crippen molar-refractivity contribution in [2.45, 2.75) is 46.0 Å². The molecule has 0 aliphatic carbocycles. The minimum absolute atomic E-state index is 0.0628. The highest BCUT2D eigenvalue weighted by Gasteiger charge is 1.99. The van der Waals surface area contributed by atoms with Crippen molar-refractivity contribution in [3.63, 3.8) is 0 Å². The van der Waals surface area contributed by atoms with Gasteiger partial charge in [0, 0.05) is 12.8 Å². The Balaban J connectivity index is 0. The third kappa shape index (κ3) is 24.8. The molecular weight excluding hydrogens is 172 g/mol. The Bertz CT molecular complexity index is 127. The van der Waals surface area contributed by atoms with E-state index >= 15 is 0 Å². The van der Waals surface area contributed by atoms with Gasteiger partial charge in [-0.05, 0) is 12.8 Å². The number of unbranched alkanes of at least 4 members (excludes halogenated alkanes) is 1. The van der Waals surface area contributed by atoms with Crippen molar-refractivity contribution < 1.29 is 19.8 Å². The van der Waals surface area contributed by atoms with E-state index in [0.717, 1.165) is 0 Å². The molecule has 0 aliphatic heterocycles. The first-order chi connectivity index (χ1) is 6.04. The molecule has 0 aliphatic rings. The van der Waals surface area contributed by atoms with E-state index in [1.807, 2.05) is 0 Å². The van der Waals surface area contributed by atoms with Crippen LogP contribution in [0.4, 0.5) is 0 Å². The molecule has 4 nitrogen and oxygen atoms in total. The van der Waals surface area contributed by atoms with Crippen molar-refractivity contribution in [3.8, 4) is 0 Å². The number of aliphatic carboxylic acids is 2. The normalized spacial score (nSPS) is 8.46. The average Bonchev–Trinajstić information content (AvgIpc) is 1.99. The summed E-state index contributed by atoms with van der Waals surface area (Å²) in [4.78, 5) is 19.8. The van der Waals surface area contributed by atoms with Crippen molar-refractivity contribution in [3.05, 3.63) is 0 Å². The summed E-state index contributed by atoms with van der Waals surface area (Å²) in [6, 6.07) is 0. The molecule has 0 bridgehead atoms. The molecule has 13 heavy (non-hydrogen) atoms. The van der Waals surface area contributed by atoms with Gasteiger partial charge in [-0.15, -0.1) is 0 Å². The van der Waals surface area contributed by atoms with Crippen LogP contribution in [0.1, 0.15) is 46.0 Å². The van der Waals surface area contributed by atoms with Gasteiger partial charge < -0.3 is 10.2 Å². The Labute approximate surface area is 78.6 Å². The Kier molecular flexibility index (Phi) is 12.2. The molecule has 78 valence electrons. The highest BCUT2D eigenvalue weighted by atomic mass is 16.4. The smallest absolute Gasteiger partial charge is 0.303 e. The molecular formula is C9H18O4. The van der Waals surface area contributed by atoms with Gasteiger partial charge in [-0.2, -0.15) is 0 Å². The predicted molar refractivity (Wildman–Crippen MR) is 49.7 cm³/mol. The van der Waals surface area contributed by atoms with E-state index in [0.29, 0.717) is 12.8 Å². The molecule has 0 saturated carbocycles. The van der Waals surface area contributed by atoms with Gasteiger partial charge >= 0.3 is 11.9 Å². The summed E-state index contributed by atoms with van der Waals surface area (Å²) in [5.41, 5.74) is 0. The average molecular weight is 190 g/mol. The zero-order valence-corrected chi connectivity index (χ0v) is 8.25. The fraction of sp³-hybridized carbons (Fsp3) is 0.778. The van der Waals surface area contributed by atoms with Crippen molar-refractivity contribution >= 4 is 11.9 Å². The van der Waals surface area contributed by atoms with Crippen LogP contribution >= 0.6 is 0 Å². The summed E-state index contributed by atoms with van der Waals surface area (Å²) in [5.74, 6) is -1.74. The maximum atomic E-state index is 9.90. The number of carboxylic acid groups (broad SMARTS) is 2. The van der Waals surface area contributed by atoms with Crippen LogP contribution in [0, 0.1) is 0 Å². The fourth-order valence-electron chi connectivity index (χ4n) is 0.552. The Morgan fingerprint density at radius 3 is 1.31 bits per heavy atom. The molecule has 0 aromatic heterocycles. The molecule has 0 aromatic carbocycles. The van der Waals surface area contributed by atoms with Crippen LogP contribution in [0.25, 0.3) is 0 Å². The molecule has 0 rings (SSSR count). The molecule has 0 unspecified atom stereocenters. The van der Waals surface area contributed by atoms with Gasteiger partial charge in [0.25, 0.3) is 0 Å². The minimum Gasteiger partial charge on any atom is -0.481 e. The SMILES string of the molecule is CCC.O=C(O)CCCCC(=O)O. The molecule has 4 heteroatoms. The van der Waals surface area contributed by atoms with E-state index < -0.39 is 11.9 Å². The van der Waals surface area contributed by atoms with Gasteiger partial charge in [-0.3, -0.25) is 9.59 Å². The van der Waals surface area contributed by atoms with Gasteiger partial charge in [-0.25, -0.2) is 0 Å². The second-order valence-electron chi connectivity index (χ2n) is 2.70. The summed E-state index contributed by atoms with van der Waals surface area (Å²) >= 11 is 0. The maximum absolute atomic E-state index is 9.90. The lowest BCUT2D eigenvalue weighted by Gasteiger charge is -1.92. The monoisotopic (exact) mass is 190 g/mol. The third-order valence-corrected chi connectivity index (χ3v) is 1.03. The number of rotatable bonds is 5. The van der Waals surface area contributed by atoms with Gasteiger partial charge in [0.1, 0.15) is 0 Å². The zero-order valence-electron chi connectivity index (χ0n) is 8.25. The lowest BCUT2D eigenvalue weighted by molar-refractivity contribution is -0.139. The van der Waals surface area contributed by atoms with Gasteiger partial charge in [0.2, 0.25) is 0 Å². The van der Waals surface area contributed by atoms with Crippen molar-refractivity contribution in [2.24, 2.45) is 0 Å². The standard InChI is InChI=1S/C6H10O4.C3H8/c7-5(8)3-1-2-4-6(9)10;1-3-2/h1-4H2,(H,7,8)(H,9,10);3H2,1-2H3. The van der Waals surface area contributed by atoms with E-state index in [1.165, 1.54) is 6.42 Å². The van der Waals surface area contributed by atoms with Gasteiger partial charge in [-0.1, -0.05) is 20.3 Å². The molecule has 0 atom stereocenters. The highest BCUT2D eigenvalue weighted by molar-refractivity contribution is 5.67. The fourth-order valence-corrected chi connectivity index (χ4v) is 0.552. The summed E-state index contributed by atoms with van der Waals surface area (Å²) < 4.78 is 0. The molecule has 0 amide bonds. The summed E-state index contributed by atoms with van der Waals surface area (Å²) in [7, 11) is 0. The van der Waals surface area contributed by atoms with E-state index in [1.54, 1.807) is 0 Å². The molecule has 0 heterocycles. The minimum atomic E-state index is -0.870. The molecule has 2 N–H and O–H groups in total. The first-order valence-electron chi connectivity index (χ1n) is 4.48. The van der Waals surface area contributed by atoms with Gasteiger partial charge in [0.15, 0.2) is 0 Å².